The van der Waals surface area contributed by atoms with Crippen molar-refractivity contribution in [3.63, 3.8) is 0 Å². The molecule has 0 bridgehead atoms. The summed E-state index contributed by atoms with van der Waals surface area (Å²) in [6.45, 7) is 1.77. The van der Waals surface area contributed by atoms with Crippen molar-refractivity contribution in [2.75, 3.05) is 13.7 Å². The van der Waals surface area contributed by atoms with E-state index in [-0.39, 0.29) is 11.6 Å². The highest BCUT2D eigenvalue weighted by molar-refractivity contribution is 5.56. The minimum absolute atomic E-state index is 0.0977. The molecule has 0 unspecified atom stereocenters. The Morgan fingerprint density at radius 2 is 2.19 bits per heavy atom. The normalized spacial score (nSPS) is 17.1. The summed E-state index contributed by atoms with van der Waals surface area (Å²) in [4.78, 5) is 26.4. The lowest BCUT2D eigenvalue weighted by Gasteiger charge is -2.24. The van der Waals surface area contributed by atoms with Gasteiger partial charge in [0.1, 0.15) is 11.6 Å². The van der Waals surface area contributed by atoms with Crippen LogP contribution in [0.4, 0.5) is 0 Å². The third-order valence-electron chi connectivity index (χ3n) is 4.92. The van der Waals surface area contributed by atoms with Gasteiger partial charge < -0.3 is 9.72 Å². The number of likely N-dealkylation sites (tertiary alicyclic amines) is 1. The second kappa shape index (κ2) is 7.72. The third kappa shape index (κ3) is 3.90. The quantitative estimate of drug-likeness (QED) is 0.755. The summed E-state index contributed by atoms with van der Waals surface area (Å²) < 4.78 is 5.33. The Bertz CT molecular complexity index is 971. The van der Waals surface area contributed by atoms with Crippen LogP contribution in [0.25, 0.3) is 11.3 Å². The van der Waals surface area contributed by atoms with Crippen LogP contribution >= 0.6 is 0 Å². The molecule has 0 spiro atoms. The Kier molecular flexibility index (Phi) is 4.98. The molecule has 0 amide bonds. The molecule has 1 N–H and O–H groups in total. The summed E-state index contributed by atoms with van der Waals surface area (Å²) in [5, 5.41) is 0. The summed E-state index contributed by atoms with van der Waals surface area (Å²) in [7, 11) is 1.68. The highest BCUT2D eigenvalue weighted by atomic mass is 16.5. The zero-order chi connectivity index (χ0) is 18.6. The molecule has 3 heterocycles. The molecule has 1 aliphatic rings. The van der Waals surface area contributed by atoms with E-state index >= 15 is 0 Å². The maximum atomic E-state index is 12.2. The smallest absolute Gasteiger partial charge is 0.251 e. The molecule has 1 aliphatic heterocycles. The van der Waals surface area contributed by atoms with Crippen LogP contribution in [0.5, 0.6) is 5.75 Å². The van der Waals surface area contributed by atoms with Crippen LogP contribution in [-0.2, 0) is 6.54 Å². The van der Waals surface area contributed by atoms with Gasteiger partial charge in [0.15, 0.2) is 0 Å². The molecular formula is C21H22N4O2. The van der Waals surface area contributed by atoms with Crippen LogP contribution in [0.15, 0.2) is 59.7 Å². The van der Waals surface area contributed by atoms with Crippen molar-refractivity contribution in [3.05, 3.63) is 76.6 Å². The monoisotopic (exact) mass is 362 g/mol. The number of H-pyrrole nitrogens is 1. The summed E-state index contributed by atoms with van der Waals surface area (Å²) >= 11 is 0. The van der Waals surface area contributed by atoms with Gasteiger partial charge in [-0.3, -0.25) is 14.7 Å². The van der Waals surface area contributed by atoms with E-state index in [0.29, 0.717) is 5.69 Å². The Morgan fingerprint density at radius 1 is 1.26 bits per heavy atom. The van der Waals surface area contributed by atoms with E-state index in [2.05, 4.69) is 27.0 Å². The lowest BCUT2D eigenvalue weighted by Crippen LogP contribution is -2.26. The number of benzene rings is 1. The van der Waals surface area contributed by atoms with Crippen LogP contribution in [0.2, 0.25) is 0 Å². The van der Waals surface area contributed by atoms with Gasteiger partial charge in [-0.05, 0) is 49.2 Å². The maximum Gasteiger partial charge on any atom is 0.251 e. The van der Waals surface area contributed by atoms with Crippen molar-refractivity contribution in [2.24, 2.45) is 0 Å². The molecule has 2 aromatic heterocycles. The van der Waals surface area contributed by atoms with Gasteiger partial charge in [-0.25, -0.2) is 4.98 Å². The fourth-order valence-corrected chi connectivity index (χ4v) is 3.63. The van der Waals surface area contributed by atoms with E-state index < -0.39 is 0 Å². The first-order valence-corrected chi connectivity index (χ1v) is 9.11. The zero-order valence-electron chi connectivity index (χ0n) is 15.3. The molecule has 0 saturated carbocycles. The second-order valence-electron chi connectivity index (χ2n) is 6.74. The van der Waals surface area contributed by atoms with Gasteiger partial charge >= 0.3 is 0 Å². The molecule has 4 rings (SSSR count). The third-order valence-corrected chi connectivity index (χ3v) is 4.92. The highest BCUT2D eigenvalue weighted by Gasteiger charge is 2.28. The largest absolute Gasteiger partial charge is 0.497 e. The van der Waals surface area contributed by atoms with Crippen molar-refractivity contribution in [1.29, 1.82) is 0 Å². The molecule has 27 heavy (non-hydrogen) atoms. The zero-order valence-corrected chi connectivity index (χ0v) is 15.3. The van der Waals surface area contributed by atoms with Gasteiger partial charge in [-0.1, -0.05) is 12.1 Å². The highest BCUT2D eigenvalue weighted by Crippen LogP contribution is 2.32. The summed E-state index contributed by atoms with van der Waals surface area (Å²) in [5.74, 6) is 1.58. The fraction of sp³-hybridized carbons (Fsp3) is 0.286. The number of methoxy groups -OCH3 is 1. The van der Waals surface area contributed by atoms with Crippen LogP contribution in [0, 0.1) is 0 Å². The van der Waals surface area contributed by atoms with E-state index in [1.807, 2.05) is 24.3 Å². The molecule has 6 nitrogen and oxygen atoms in total. The first kappa shape index (κ1) is 17.4. The molecule has 1 aromatic carbocycles. The fourth-order valence-electron chi connectivity index (χ4n) is 3.63. The Morgan fingerprint density at radius 3 is 3.00 bits per heavy atom. The number of ether oxygens (including phenoxy) is 1. The van der Waals surface area contributed by atoms with Gasteiger partial charge in [0, 0.05) is 30.6 Å². The lowest BCUT2D eigenvalue weighted by molar-refractivity contribution is 0.239. The molecule has 3 aromatic rings. The van der Waals surface area contributed by atoms with Gasteiger partial charge in [-0.15, -0.1) is 0 Å². The Hall–Kier alpha value is -2.99. The van der Waals surface area contributed by atoms with E-state index in [9.17, 15) is 4.79 Å². The number of aromatic nitrogens is 3. The molecule has 1 saturated heterocycles. The number of nitrogens with zero attached hydrogens (tertiary/aromatic N) is 3. The summed E-state index contributed by atoms with van der Waals surface area (Å²) in [6.07, 6.45) is 5.50. The number of hydrogen-bond donors (Lipinski definition) is 1. The van der Waals surface area contributed by atoms with E-state index in [1.54, 1.807) is 19.5 Å². The minimum Gasteiger partial charge on any atom is -0.497 e. The van der Waals surface area contributed by atoms with Crippen molar-refractivity contribution in [2.45, 2.75) is 25.4 Å². The minimum atomic E-state index is -0.132. The molecule has 0 radical (unpaired) electrons. The molecule has 138 valence electrons. The number of pyridine rings is 1. The van der Waals surface area contributed by atoms with E-state index in [0.717, 1.165) is 43.1 Å². The standard InChI is InChI=1S/C21H22N4O2/c1-27-17-7-2-5-15(11-17)14-25-10-4-8-19(25)21-23-18(12-20(26)24-21)16-6-3-9-22-13-16/h2-3,5-7,9,11-13,19H,4,8,10,14H2,1H3,(H,23,24,26)/t19-/m0/s1. The average molecular weight is 362 g/mol. The number of aromatic amines is 1. The van der Waals surface area contributed by atoms with Crippen LogP contribution in [-0.4, -0.2) is 33.5 Å². The van der Waals surface area contributed by atoms with E-state index in [1.165, 1.54) is 11.6 Å². The SMILES string of the molecule is COc1cccc(CN2CCC[C@H]2c2nc(-c3cccnc3)cc(=O)[nH]2)c1. The second-order valence-corrected chi connectivity index (χ2v) is 6.74. The van der Waals surface area contributed by atoms with Gasteiger partial charge in [0.05, 0.1) is 18.8 Å². The van der Waals surface area contributed by atoms with Crippen molar-refractivity contribution in [1.82, 2.24) is 19.9 Å². The van der Waals surface area contributed by atoms with Crippen LogP contribution in [0.3, 0.4) is 0 Å². The van der Waals surface area contributed by atoms with E-state index in [4.69, 9.17) is 9.72 Å². The molecule has 1 fully saturated rings. The lowest BCUT2D eigenvalue weighted by atomic mass is 10.1. The topological polar surface area (TPSA) is 71.1 Å². The maximum absolute atomic E-state index is 12.2. The van der Waals surface area contributed by atoms with Crippen molar-refractivity contribution < 1.29 is 4.74 Å². The predicted molar refractivity (Wildman–Crippen MR) is 103 cm³/mol. The summed E-state index contributed by atoms with van der Waals surface area (Å²) in [6, 6.07) is 13.5. The first-order valence-electron chi connectivity index (χ1n) is 9.11. The van der Waals surface area contributed by atoms with Gasteiger partial charge in [-0.2, -0.15) is 0 Å². The van der Waals surface area contributed by atoms with Crippen LogP contribution < -0.4 is 10.3 Å². The average Bonchev–Trinajstić information content (AvgIpc) is 3.16. The van der Waals surface area contributed by atoms with Gasteiger partial charge in [0.2, 0.25) is 0 Å². The molecule has 6 heteroatoms. The number of rotatable bonds is 5. The van der Waals surface area contributed by atoms with Crippen LogP contribution in [0.1, 0.15) is 30.3 Å². The number of hydrogen-bond acceptors (Lipinski definition) is 5. The predicted octanol–water partition coefficient (Wildman–Crippen LogP) is 3.18. The number of nitrogens with one attached hydrogen (secondary N) is 1. The van der Waals surface area contributed by atoms with Crippen molar-refractivity contribution in [3.8, 4) is 17.0 Å². The molecule has 1 atom stereocenters. The Labute approximate surface area is 157 Å². The molecular weight excluding hydrogens is 340 g/mol. The molecule has 0 aliphatic carbocycles. The summed E-state index contributed by atoms with van der Waals surface area (Å²) in [5.41, 5.74) is 2.57. The van der Waals surface area contributed by atoms with Gasteiger partial charge in [0.25, 0.3) is 5.56 Å². The van der Waals surface area contributed by atoms with Crippen molar-refractivity contribution >= 4 is 0 Å². The first-order chi connectivity index (χ1) is 13.2. The Balaban J connectivity index is 1.62.